The van der Waals surface area contributed by atoms with Gasteiger partial charge in [0.15, 0.2) is 12.6 Å². The summed E-state index contributed by atoms with van der Waals surface area (Å²) in [7, 11) is 0. The van der Waals surface area contributed by atoms with Crippen molar-refractivity contribution in [1.82, 2.24) is 0 Å². The van der Waals surface area contributed by atoms with Gasteiger partial charge in [-0.05, 0) is 0 Å². The zero-order valence-electron chi connectivity index (χ0n) is 10.5. The Labute approximate surface area is 110 Å². The van der Waals surface area contributed by atoms with Crippen LogP contribution in [0.2, 0.25) is 0 Å². The zero-order chi connectivity index (χ0) is 14.7. The predicted molar refractivity (Wildman–Crippen MR) is 60.9 cm³/mol. The van der Waals surface area contributed by atoms with E-state index in [1.54, 1.807) is 0 Å². The molecule has 0 saturated heterocycles. The van der Waals surface area contributed by atoms with E-state index in [4.69, 9.17) is 39.7 Å². The summed E-state index contributed by atoms with van der Waals surface area (Å²) in [5, 5.41) is 53.5. The minimum atomic E-state index is -1.34. The summed E-state index contributed by atoms with van der Waals surface area (Å²) in [6.07, 6.45) is -4.89. The number of aliphatic hydroxyl groups excluding tert-OH is 6. The van der Waals surface area contributed by atoms with Crippen molar-refractivity contribution in [3.05, 3.63) is 0 Å². The lowest BCUT2D eigenvalue weighted by molar-refractivity contribution is -0.286. The van der Waals surface area contributed by atoms with E-state index in [9.17, 15) is 5.11 Å². The maximum atomic E-state index is 9.31. The molecule has 0 aliphatic carbocycles. The van der Waals surface area contributed by atoms with E-state index in [0.29, 0.717) is 0 Å². The van der Waals surface area contributed by atoms with E-state index < -0.39 is 51.2 Å². The van der Waals surface area contributed by atoms with Gasteiger partial charge in [0, 0.05) is 0 Å². The first-order chi connectivity index (χ1) is 9.12. The standard InChI is InChI=1S/C10H22O9/c11-1-2-17-9(5-14)19-10(6-15)18-8(4-13)7(16)3-12/h7-16H,1-6H2/t7-,8?,9+,10+/m0/s1. The van der Waals surface area contributed by atoms with Crippen molar-refractivity contribution >= 4 is 0 Å². The van der Waals surface area contributed by atoms with E-state index in [1.807, 2.05) is 0 Å². The summed E-state index contributed by atoms with van der Waals surface area (Å²) in [5.41, 5.74) is 0. The Morgan fingerprint density at radius 1 is 0.737 bits per heavy atom. The average molecular weight is 286 g/mol. The first kappa shape index (κ1) is 18.6. The van der Waals surface area contributed by atoms with Crippen molar-refractivity contribution in [3.8, 4) is 0 Å². The Morgan fingerprint density at radius 3 is 1.79 bits per heavy atom. The number of rotatable bonds is 12. The third kappa shape index (κ3) is 7.72. The number of hydrogen-bond acceptors (Lipinski definition) is 9. The van der Waals surface area contributed by atoms with Crippen LogP contribution in [0.15, 0.2) is 0 Å². The summed E-state index contributed by atoms with van der Waals surface area (Å²) in [5.74, 6) is 0. The summed E-state index contributed by atoms with van der Waals surface area (Å²) >= 11 is 0. The normalized spacial score (nSPS) is 18.0. The summed E-state index contributed by atoms with van der Waals surface area (Å²) in [6, 6.07) is 0. The molecule has 9 nitrogen and oxygen atoms in total. The first-order valence-corrected chi connectivity index (χ1v) is 5.77. The fourth-order valence-corrected chi connectivity index (χ4v) is 1.17. The lowest BCUT2D eigenvalue weighted by atomic mass is 10.2. The van der Waals surface area contributed by atoms with Gasteiger partial charge in [-0.15, -0.1) is 0 Å². The van der Waals surface area contributed by atoms with Crippen molar-refractivity contribution in [3.63, 3.8) is 0 Å². The SMILES string of the molecule is OCCO[C@@H](CO)O[C@H](CO)OC(CO)[C@@H](O)CO. The molecule has 19 heavy (non-hydrogen) atoms. The van der Waals surface area contributed by atoms with Gasteiger partial charge in [-0.25, -0.2) is 0 Å². The van der Waals surface area contributed by atoms with E-state index in [0.717, 1.165) is 0 Å². The van der Waals surface area contributed by atoms with Crippen LogP contribution in [0.3, 0.4) is 0 Å². The molecule has 0 radical (unpaired) electrons. The van der Waals surface area contributed by atoms with Gasteiger partial charge in [0.1, 0.15) is 12.2 Å². The van der Waals surface area contributed by atoms with Crippen LogP contribution in [0.25, 0.3) is 0 Å². The molecule has 0 aliphatic heterocycles. The molecule has 0 spiro atoms. The maximum absolute atomic E-state index is 9.31. The van der Waals surface area contributed by atoms with E-state index in [2.05, 4.69) is 0 Å². The van der Waals surface area contributed by atoms with E-state index >= 15 is 0 Å². The van der Waals surface area contributed by atoms with Crippen LogP contribution in [0, 0.1) is 0 Å². The van der Waals surface area contributed by atoms with Gasteiger partial charge in [0.25, 0.3) is 0 Å². The minimum Gasteiger partial charge on any atom is -0.394 e. The zero-order valence-corrected chi connectivity index (χ0v) is 10.5. The second-order valence-electron chi connectivity index (χ2n) is 3.56. The molecule has 0 rings (SSSR count). The van der Waals surface area contributed by atoms with Gasteiger partial charge in [-0.3, -0.25) is 0 Å². The Balaban J connectivity index is 4.30. The fourth-order valence-electron chi connectivity index (χ4n) is 1.17. The predicted octanol–water partition coefficient (Wildman–Crippen LogP) is -3.62. The highest BCUT2D eigenvalue weighted by atomic mass is 16.8. The molecule has 0 fully saturated rings. The molecule has 116 valence electrons. The van der Waals surface area contributed by atoms with Crippen molar-refractivity contribution < 1.29 is 44.8 Å². The maximum Gasteiger partial charge on any atom is 0.184 e. The van der Waals surface area contributed by atoms with Gasteiger partial charge in [0.05, 0.1) is 39.6 Å². The molecule has 0 aromatic heterocycles. The number of ether oxygens (including phenoxy) is 3. The largest absolute Gasteiger partial charge is 0.394 e. The Morgan fingerprint density at radius 2 is 1.37 bits per heavy atom. The minimum absolute atomic E-state index is 0.0773. The van der Waals surface area contributed by atoms with Gasteiger partial charge in [0.2, 0.25) is 0 Å². The highest BCUT2D eigenvalue weighted by Crippen LogP contribution is 2.08. The quantitative estimate of drug-likeness (QED) is 0.200. The molecule has 0 heterocycles. The van der Waals surface area contributed by atoms with Gasteiger partial charge >= 0.3 is 0 Å². The fraction of sp³-hybridized carbons (Fsp3) is 1.00. The molecule has 0 aromatic rings. The number of hydrogen-bond donors (Lipinski definition) is 6. The van der Waals surface area contributed by atoms with E-state index in [1.165, 1.54) is 0 Å². The van der Waals surface area contributed by atoms with Crippen LogP contribution in [0.1, 0.15) is 0 Å². The highest BCUT2D eigenvalue weighted by Gasteiger charge is 2.25. The molecule has 1 unspecified atom stereocenters. The lowest BCUT2D eigenvalue weighted by Crippen LogP contribution is -2.42. The summed E-state index contributed by atoms with van der Waals surface area (Å²) < 4.78 is 14.9. The smallest absolute Gasteiger partial charge is 0.184 e. The second kappa shape index (κ2) is 11.5. The van der Waals surface area contributed by atoms with Crippen LogP contribution < -0.4 is 0 Å². The van der Waals surface area contributed by atoms with E-state index in [-0.39, 0.29) is 13.2 Å². The molecule has 0 aliphatic rings. The topological polar surface area (TPSA) is 149 Å². The van der Waals surface area contributed by atoms with Gasteiger partial charge in [-0.1, -0.05) is 0 Å². The summed E-state index contributed by atoms with van der Waals surface area (Å²) in [4.78, 5) is 0. The monoisotopic (exact) mass is 286 g/mol. The lowest BCUT2D eigenvalue weighted by Gasteiger charge is -2.27. The van der Waals surface area contributed by atoms with Crippen LogP contribution in [0.5, 0.6) is 0 Å². The number of aliphatic hydroxyl groups is 6. The molecule has 6 N–H and O–H groups in total. The Bertz CT molecular complexity index is 203. The van der Waals surface area contributed by atoms with Crippen LogP contribution in [-0.2, 0) is 14.2 Å². The van der Waals surface area contributed by atoms with Gasteiger partial charge in [-0.2, -0.15) is 0 Å². The Hall–Kier alpha value is -0.360. The summed E-state index contributed by atoms with van der Waals surface area (Å²) in [6.45, 7) is -2.73. The second-order valence-corrected chi connectivity index (χ2v) is 3.56. The molecule has 0 bridgehead atoms. The van der Waals surface area contributed by atoms with Gasteiger partial charge < -0.3 is 44.8 Å². The average Bonchev–Trinajstić information content (AvgIpc) is 2.45. The highest BCUT2D eigenvalue weighted by molar-refractivity contribution is 4.67. The van der Waals surface area contributed by atoms with Crippen molar-refractivity contribution in [2.45, 2.75) is 24.8 Å². The van der Waals surface area contributed by atoms with Crippen LogP contribution >= 0.6 is 0 Å². The molecule has 0 amide bonds. The molecule has 9 heteroatoms. The molecular weight excluding hydrogens is 264 g/mol. The third-order valence-corrected chi connectivity index (χ3v) is 2.12. The molecule has 0 aromatic carbocycles. The van der Waals surface area contributed by atoms with Crippen molar-refractivity contribution in [2.75, 3.05) is 39.6 Å². The van der Waals surface area contributed by atoms with Crippen LogP contribution in [-0.4, -0.2) is 95.1 Å². The molecule has 4 atom stereocenters. The van der Waals surface area contributed by atoms with Crippen LogP contribution in [0.4, 0.5) is 0 Å². The first-order valence-electron chi connectivity index (χ1n) is 5.77. The molecular formula is C10H22O9. The molecule has 0 saturated carbocycles. The Kier molecular flexibility index (Phi) is 11.2. The van der Waals surface area contributed by atoms with Crippen molar-refractivity contribution in [2.24, 2.45) is 0 Å². The third-order valence-electron chi connectivity index (χ3n) is 2.12. The van der Waals surface area contributed by atoms with Crippen molar-refractivity contribution in [1.29, 1.82) is 0 Å².